The molecule has 1 aromatic heterocycles. The van der Waals surface area contributed by atoms with E-state index in [0.29, 0.717) is 12.1 Å². The molecule has 7 heteroatoms. The Bertz CT molecular complexity index is 747. The molecule has 2 aromatic rings. The van der Waals surface area contributed by atoms with Gasteiger partial charge in [0.25, 0.3) is 5.91 Å². The molecular formula is C18H19NO4S2. The Morgan fingerprint density at radius 1 is 1.28 bits per heavy atom. The largest absolute Gasteiger partial charge is 0.479 e. The summed E-state index contributed by atoms with van der Waals surface area (Å²) in [6.07, 6.45) is -1.27. The van der Waals surface area contributed by atoms with Gasteiger partial charge in [0.1, 0.15) is 0 Å². The number of nitrogens with zero attached hydrogens (tertiary/aromatic N) is 1. The van der Waals surface area contributed by atoms with Crippen molar-refractivity contribution in [2.45, 2.75) is 29.8 Å². The zero-order valence-corrected chi connectivity index (χ0v) is 15.4. The maximum absolute atomic E-state index is 13.0. The van der Waals surface area contributed by atoms with Gasteiger partial charge in [0.2, 0.25) is 0 Å². The highest BCUT2D eigenvalue weighted by Crippen LogP contribution is 2.29. The van der Waals surface area contributed by atoms with Crippen molar-refractivity contribution in [3.05, 3.63) is 52.2 Å². The summed E-state index contributed by atoms with van der Waals surface area (Å²) in [4.78, 5) is 27.9. The number of benzene rings is 1. The molecule has 1 N–H and O–H groups in total. The highest BCUT2D eigenvalue weighted by Gasteiger charge is 2.33. The van der Waals surface area contributed by atoms with Crippen molar-refractivity contribution < 1.29 is 19.4 Å². The van der Waals surface area contributed by atoms with Crippen molar-refractivity contribution in [1.29, 1.82) is 0 Å². The number of ether oxygens (including phenoxy) is 1. The van der Waals surface area contributed by atoms with Gasteiger partial charge in [0.15, 0.2) is 6.10 Å². The van der Waals surface area contributed by atoms with Crippen LogP contribution in [-0.4, -0.2) is 47.2 Å². The Morgan fingerprint density at radius 3 is 2.80 bits per heavy atom. The van der Waals surface area contributed by atoms with Gasteiger partial charge in [-0.05, 0) is 30.5 Å². The van der Waals surface area contributed by atoms with E-state index in [1.807, 2.05) is 29.6 Å². The number of amides is 1. The van der Waals surface area contributed by atoms with Crippen LogP contribution in [0.3, 0.4) is 0 Å². The standard InChI is InChI=1S/C18H19NO4S2/c1-12-9-19(10-15(23-12)18(21)22)17(20)14-6-2-3-7-16(14)25-11-13-5-4-8-24-13/h2-8,12,15H,9-11H2,1H3,(H,21,22)/t12-,15?/m1/s1. The van der Waals surface area contributed by atoms with Crippen LogP contribution < -0.4 is 0 Å². The Balaban J connectivity index is 1.76. The van der Waals surface area contributed by atoms with Gasteiger partial charge in [-0.15, -0.1) is 23.1 Å². The molecule has 5 nitrogen and oxygen atoms in total. The first-order chi connectivity index (χ1) is 12.0. The van der Waals surface area contributed by atoms with E-state index in [2.05, 4.69) is 6.07 Å². The average molecular weight is 377 g/mol. The second kappa shape index (κ2) is 8.03. The van der Waals surface area contributed by atoms with Crippen LogP contribution in [0.1, 0.15) is 22.2 Å². The third-order valence-electron chi connectivity index (χ3n) is 3.89. The first kappa shape index (κ1) is 18.0. The van der Waals surface area contributed by atoms with Crippen molar-refractivity contribution in [2.75, 3.05) is 13.1 Å². The second-order valence-corrected chi connectivity index (χ2v) is 7.90. The molecule has 1 saturated heterocycles. The highest BCUT2D eigenvalue weighted by molar-refractivity contribution is 7.98. The molecule has 0 spiro atoms. The molecule has 2 heterocycles. The third-order valence-corrected chi connectivity index (χ3v) is 6.07. The number of hydrogen-bond acceptors (Lipinski definition) is 5. The van der Waals surface area contributed by atoms with Crippen molar-refractivity contribution in [3.8, 4) is 0 Å². The van der Waals surface area contributed by atoms with Crippen molar-refractivity contribution in [3.63, 3.8) is 0 Å². The summed E-state index contributed by atoms with van der Waals surface area (Å²) in [7, 11) is 0. The van der Waals surface area contributed by atoms with Gasteiger partial charge in [-0.1, -0.05) is 18.2 Å². The first-order valence-corrected chi connectivity index (χ1v) is 9.83. The number of carbonyl (C=O) groups excluding carboxylic acids is 1. The van der Waals surface area contributed by atoms with Gasteiger partial charge in [-0.3, -0.25) is 4.79 Å². The fraction of sp³-hybridized carbons (Fsp3) is 0.333. The van der Waals surface area contributed by atoms with Crippen molar-refractivity contribution >= 4 is 35.0 Å². The van der Waals surface area contributed by atoms with Crippen LogP contribution in [-0.2, 0) is 15.3 Å². The van der Waals surface area contributed by atoms with E-state index in [0.717, 1.165) is 10.6 Å². The molecule has 1 aromatic carbocycles. The fourth-order valence-electron chi connectivity index (χ4n) is 2.74. The molecule has 0 saturated carbocycles. The molecule has 3 rings (SSSR count). The third kappa shape index (κ3) is 4.42. The molecule has 132 valence electrons. The number of hydrogen-bond donors (Lipinski definition) is 1. The normalized spacial score (nSPS) is 20.4. The van der Waals surface area contributed by atoms with Gasteiger partial charge < -0.3 is 14.7 Å². The second-order valence-electron chi connectivity index (χ2n) is 5.85. The lowest BCUT2D eigenvalue weighted by Gasteiger charge is -2.35. The van der Waals surface area contributed by atoms with Gasteiger partial charge in [-0.25, -0.2) is 4.79 Å². The van der Waals surface area contributed by atoms with Crippen LogP contribution in [0.5, 0.6) is 0 Å². The summed E-state index contributed by atoms with van der Waals surface area (Å²) in [6.45, 7) is 2.25. The molecule has 2 atom stereocenters. The van der Waals surface area contributed by atoms with Gasteiger partial charge in [-0.2, -0.15) is 0 Å². The minimum absolute atomic E-state index is 0.0719. The Kier molecular flexibility index (Phi) is 5.78. The quantitative estimate of drug-likeness (QED) is 0.810. The minimum atomic E-state index is -1.04. The number of morpholine rings is 1. The minimum Gasteiger partial charge on any atom is -0.479 e. The molecule has 1 aliphatic rings. The number of carboxylic acid groups (broad SMARTS) is 1. The highest BCUT2D eigenvalue weighted by atomic mass is 32.2. The van der Waals surface area contributed by atoms with E-state index in [9.17, 15) is 14.7 Å². The van der Waals surface area contributed by atoms with Crippen LogP contribution in [0, 0.1) is 0 Å². The van der Waals surface area contributed by atoms with Gasteiger partial charge in [0.05, 0.1) is 18.2 Å². The average Bonchev–Trinajstić information content (AvgIpc) is 3.12. The van der Waals surface area contributed by atoms with Crippen LogP contribution in [0.4, 0.5) is 0 Å². The smallest absolute Gasteiger partial charge is 0.334 e. The fourth-order valence-corrected chi connectivity index (χ4v) is 4.55. The number of rotatable bonds is 5. The zero-order chi connectivity index (χ0) is 17.8. The van der Waals surface area contributed by atoms with E-state index < -0.39 is 12.1 Å². The molecule has 0 aliphatic carbocycles. The SMILES string of the molecule is C[C@@H]1CN(C(=O)c2ccccc2SCc2cccs2)CC(C(=O)O)O1. The molecule has 25 heavy (non-hydrogen) atoms. The maximum atomic E-state index is 13.0. The van der Waals surface area contributed by atoms with E-state index in [-0.39, 0.29) is 18.6 Å². The number of carbonyl (C=O) groups is 2. The predicted molar refractivity (Wildman–Crippen MR) is 98.2 cm³/mol. The molecule has 1 fully saturated rings. The number of thiophene rings is 1. The van der Waals surface area contributed by atoms with E-state index in [1.54, 1.807) is 41.0 Å². The molecule has 1 unspecified atom stereocenters. The van der Waals surface area contributed by atoms with Crippen LogP contribution in [0.25, 0.3) is 0 Å². The van der Waals surface area contributed by atoms with Crippen LogP contribution in [0.2, 0.25) is 0 Å². The van der Waals surface area contributed by atoms with Crippen LogP contribution in [0.15, 0.2) is 46.7 Å². The van der Waals surface area contributed by atoms with Gasteiger partial charge in [0, 0.05) is 22.1 Å². The summed E-state index contributed by atoms with van der Waals surface area (Å²) in [5.41, 5.74) is 0.613. The lowest BCUT2D eigenvalue weighted by Crippen LogP contribution is -2.51. The molecule has 0 radical (unpaired) electrons. The lowest BCUT2D eigenvalue weighted by molar-refractivity contribution is -0.160. The number of thioether (sulfide) groups is 1. The molecule has 0 bridgehead atoms. The summed E-state index contributed by atoms with van der Waals surface area (Å²) >= 11 is 3.31. The first-order valence-electron chi connectivity index (χ1n) is 7.96. The Hall–Kier alpha value is -1.83. The zero-order valence-electron chi connectivity index (χ0n) is 13.8. The van der Waals surface area contributed by atoms with Crippen molar-refractivity contribution in [2.24, 2.45) is 0 Å². The molecule has 1 aliphatic heterocycles. The molecular weight excluding hydrogens is 358 g/mol. The monoisotopic (exact) mass is 377 g/mol. The predicted octanol–water partition coefficient (Wildman–Crippen LogP) is 3.35. The summed E-state index contributed by atoms with van der Waals surface area (Å²) in [5, 5.41) is 11.2. The number of aliphatic carboxylic acids is 1. The van der Waals surface area contributed by atoms with E-state index in [4.69, 9.17) is 4.74 Å². The van der Waals surface area contributed by atoms with E-state index >= 15 is 0 Å². The summed E-state index contributed by atoms with van der Waals surface area (Å²) < 4.78 is 5.39. The van der Waals surface area contributed by atoms with Gasteiger partial charge >= 0.3 is 5.97 Å². The van der Waals surface area contributed by atoms with Crippen molar-refractivity contribution in [1.82, 2.24) is 4.90 Å². The van der Waals surface area contributed by atoms with Crippen LogP contribution >= 0.6 is 23.1 Å². The topological polar surface area (TPSA) is 66.8 Å². The lowest BCUT2D eigenvalue weighted by atomic mass is 10.1. The maximum Gasteiger partial charge on any atom is 0.334 e. The summed E-state index contributed by atoms with van der Waals surface area (Å²) in [6, 6.07) is 11.6. The van der Waals surface area contributed by atoms with E-state index in [1.165, 1.54) is 4.88 Å². The summed E-state index contributed by atoms with van der Waals surface area (Å²) in [5.74, 6) is -0.375. The Labute approximate surface area is 154 Å². The molecule has 1 amide bonds. The number of carboxylic acids is 1. The Morgan fingerprint density at radius 2 is 2.08 bits per heavy atom.